The average molecular weight is 357 g/mol. The van der Waals surface area contributed by atoms with Gasteiger partial charge in [0, 0.05) is 0 Å². The van der Waals surface area contributed by atoms with Crippen molar-refractivity contribution in [3.05, 3.63) is 0 Å². The van der Waals surface area contributed by atoms with Crippen molar-refractivity contribution in [3.63, 3.8) is 0 Å². The molecule has 0 aromatic rings. The molecule has 6 N–H and O–H groups in total. The minimum Gasteiger partial charge on any atom is -0.352 e. The van der Waals surface area contributed by atoms with Crippen LogP contribution in [-0.2, 0) is 21.1 Å². The van der Waals surface area contributed by atoms with Crippen molar-refractivity contribution in [1.82, 2.24) is 0 Å². The topological polar surface area (TPSA) is 92.5 Å². The summed E-state index contributed by atoms with van der Waals surface area (Å²) in [4.78, 5) is 0. The number of aliphatic hydroxyl groups is 2. The molecule has 0 aromatic heterocycles. The zero-order chi connectivity index (χ0) is 9.28. The monoisotopic (exact) mass is 357 g/mol. The summed E-state index contributed by atoms with van der Waals surface area (Å²) >= 11 is 0. The maximum atomic E-state index is 9.00. The summed E-state index contributed by atoms with van der Waals surface area (Å²) in [5.74, 6) is -2.01. The van der Waals surface area contributed by atoms with E-state index in [4.69, 9.17) is 21.7 Å². The Morgan fingerprint density at radius 2 is 1.58 bits per heavy atom. The third-order valence-corrected chi connectivity index (χ3v) is 1.67. The van der Waals surface area contributed by atoms with E-state index in [-0.39, 0.29) is 27.0 Å². The van der Waals surface area contributed by atoms with Crippen LogP contribution < -0.4 is 11.5 Å². The van der Waals surface area contributed by atoms with Gasteiger partial charge in [0.15, 0.2) is 0 Å². The minimum atomic E-state index is -2.29. The number of nitrogens with two attached hydrogens (primary N) is 2. The molecule has 0 bridgehead atoms. The molecule has 0 fully saturated rings. The van der Waals surface area contributed by atoms with Crippen LogP contribution >= 0.6 is 0 Å². The summed E-state index contributed by atoms with van der Waals surface area (Å²) in [6.45, 7) is 5.40. The Labute approximate surface area is 87.6 Å². The van der Waals surface area contributed by atoms with E-state index in [1.54, 1.807) is 0 Å². The largest absolute Gasteiger partial charge is 2.00 e. The second-order valence-electron chi connectivity index (χ2n) is 3.74. The second-order valence-corrected chi connectivity index (χ2v) is 3.74. The Balaban J connectivity index is 0. The van der Waals surface area contributed by atoms with Gasteiger partial charge in [-0.2, -0.15) is 0 Å². The van der Waals surface area contributed by atoms with Crippen LogP contribution in [0.25, 0.3) is 0 Å². The maximum Gasteiger partial charge on any atom is 2.00 e. The Morgan fingerprint density at radius 3 is 1.67 bits per heavy atom. The van der Waals surface area contributed by atoms with E-state index in [2.05, 4.69) is 0 Å². The molecule has 0 heterocycles. The van der Waals surface area contributed by atoms with Gasteiger partial charge in [-0.25, -0.2) is 0 Å². The first-order valence-corrected chi connectivity index (χ1v) is 3.69. The molecule has 5 heteroatoms. The third kappa shape index (κ3) is 4.53. The first kappa shape index (κ1) is 15.0. The number of rotatable bonds is 3. The van der Waals surface area contributed by atoms with Crippen LogP contribution in [0.15, 0.2) is 0 Å². The fourth-order valence-corrected chi connectivity index (χ4v) is 0.998. The molecular formula is C7H18N2O2Pt+2. The molecule has 0 spiro atoms. The summed E-state index contributed by atoms with van der Waals surface area (Å²) in [6.07, 6.45) is 0.469. The van der Waals surface area contributed by atoms with Gasteiger partial charge in [0.2, 0.25) is 5.91 Å². The van der Waals surface area contributed by atoms with Gasteiger partial charge >= 0.3 is 21.1 Å². The van der Waals surface area contributed by atoms with Crippen molar-refractivity contribution in [2.24, 2.45) is 17.4 Å². The van der Waals surface area contributed by atoms with Gasteiger partial charge in [-0.3, -0.25) is 5.73 Å². The van der Waals surface area contributed by atoms with E-state index in [1.165, 1.54) is 6.92 Å². The van der Waals surface area contributed by atoms with Gasteiger partial charge in [-0.05, 0) is 19.3 Å². The van der Waals surface area contributed by atoms with Crippen LogP contribution in [0.4, 0.5) is 0 Å². The molecule has 0 rings (SSSR count). The Bertz CT molecular complexity index is 132. The fraction of sp³-hybridized carbons (Fsp3) is 1.00. The average Bonchev–Trinajstić information content (AvgIpc) is 1.56. The molecule has 0 aliphatic carbocycles. The van der Waals surface area contributed by atoms with Crippen LogP contribution in [0.2, 0.25) is 0 Å². The van der Waals surface area contributed by atoms with Gasteiger partial charge in [-0.15, -0.1) is 0 Å². The summed E-state index contributed by atoms with van der Waals surface area (Å²) in [5.41, 5.74) is 9.47. The van der Waals surface area contributed by atoms with Crippen LogP contribution in [-0.4, -0.2) is 21.7 Å². The molecule has 76 valence electrons. The van der Waals surface area contributed by atoms with Crippen molar-refractivity contribution in [2.45, 2.75) is 38.6 Å². The summed E-state index contributed by atoms with van der Waals surface area (Å²) < 4.78 is 0. The molecular weight excluding hydrogens is 339 g/mol. The Kier molecular flexibility index (Phi) is 5.86. The third-order valence-electron chi connectivity index (χ3n) is 1.67. The van der Waals surface area contributed by atoms with Gasteiger partial charge in [-0.1, -0.05) is 13.8 Å². The van der Waals surface area contributed by atoms with Crippen molar-refractivity contribution in [3.8, 4) is 0 Å². The van der Waals surface area contributed by atoms with Crippen molar-refractivity contribution >= 4 is 0 Å². The summed E-state index contributed by atoms with van der Waals surface area (Å²) in [7, 11) is 0. The smallest absolute Gasteiger partial charge is 0.352 e. The molecule has 12 heavy (non-hydrogen) atoms. The van der Waals surface area contributed by atoms with Gasteiger partial charge in [0.25, 0.3) is 0 Å². The Hall–Kier alpha value is 0.528. The maximum absolute atomic E-state index is 9.00. The molecule has 0 amide bonds. The first-order chi connectivity index (χ1) is 4.67. The van der Waals surface area contributed by atoms with Gasteiger partial charge in [0.05, 0.1) is 5.54 Å². The predicted molar refractivity (Wildman–Crippen MR) is 43.4 cm³/mol. The zero-order valence-electron chi connectivity index (χ0n) is 7.65. The second kappa shape index (κ2) is 4.68. The standard InChI is InChI=1S/C7H18N2O2.Pt/c1-5(2)4-6(3,8)7(9,10)11;/h5,10-11H,4,8-9H2,1-3H3;/q;+2. The van der Waals surface area contributed by atoms with Gasteiger partial charge in [0.1, 0.15) is 0 Å². The molecule has 4 nitrogen and oxygen atoms in total. The normalized spacial score (nSPS) is 17.0. The van der Waals surface area contributed by atoms with Crippen molar-refractivity contribution in [1.29, 1.82) is 0 Å². The molecule has 0 radical (unpaired) electrons. The van der Waals surface area contributed by atoms with Gasteiger partial charge < -0.3 is 15.9 Å². The molecule has 1 atom stereocenters. The molecule has 0 saturated carbocycles. The van der Waals surface area contributed by atoms with E-state index in [0.29, 0.717) is 6.42 Å². The molecule has 0 saturated heterocycles. The van der Waals surface area contributed by atoms with E-state index in [9.17, 15) is 0 Å². The molecule has 0 aliphatic heterocycles. The quantitative estimate of drug-likeness (QED) is 0.505. The molecule has 0 aliphatic rings. The molecule has 0 aromatic carbocycles. The summed E-state index contributed by atoms with van der Waals surface area (Å²) in [6, 6.07) is 0. The van der Waals surface area contributed by atoms with E-state index >= 15 is 0 Å². The van der Waals surface area contributed by atoms with E-state index in [1.807, 2.05) is 13.8 Å². The fourth-order valence-electron chi connectivity index (χ4n) is 0.998. The van der Waals surface area contributed by atoms with Crippen LogP contribution in [0.5, 0.6) is 0 Å². The number of hydrogen-bond donors (Lipinski definition) is 4. The number of hydrogen-bond acceptors (Lipinski definition) is 4. The van der Waals surface area contributed by atoms with E-state index < -0.39 is 11.4 Å². The van der Waals surface area contributed by atoms with E-state index in [0.717, 1.165) is 0 Å². The first-order valence-electron chi connectivity index (χ1n) is 3.69. The van der Waals surface area contributed by atoms with Crippen molar-refractivity contribution < 1.29 is 31.3 Å². The van der Waals surface area contributed by atoms with Crippen LogP contribution in [0.3, 0.4) is 0 Å². The van der Waals surface area contributed by atoms with Crippen molar-refractivity contribution in [2.75, 3.05) is 0 Å². The van der Waals surface area contributed by atoms with Crippen LogP contribution in [0, 0.1) is 5.92 Å². The summed E-state index contributed by atoms with van der Waals surface area (Å²) in [5, 5.41) is 18.0. The van der Waals surface area contributed by atoms with Crippen LogP contribution in [0.1, 0.15) is 27.2 Å². The Morgan fingerprint density at radius 1 is 1.25 bits per heavy atom. The predicted octanol–water partition coefficient (Wildman–Crippen LogP) is -0.655. The minimum absolute atomic E-state index is 0. The zero-order valence-corrected chi connectivity index (χ0v) is 9.92. The molecule has 1 unspecified atom stereocenters. The SMILES string of the molecule is CC(C)CC(C)(N)C(N)(O)O.[Pt+2].